The third-order valence-corrected chi connectivity index (χ3v) is 4.68. The van der Waals surface area contributed by atoms with E-state index in [0.717, 1.165) is 4.88 Å². The molecule has 130 valence electrons. The van der Waals surface area contributed by atoms with E-state index < -0.39 is 5.82 Å². The Morgan fingerprint density at radius 2 is 2.08 bits per heavy atom. The third kappa shape index (κ3) is 2.84. The fourth-order valence-electron chi connectivity index (χ4n) is 2.66. The molecule has 0 saturated heterocycles. The van der Waals surface area contributed by atoms with Crippen molar-refractivity contribution < 1.29 is 13.7 Å². The number of nitrogens with one attached hydrogen (secondary N) is 1. The van der Waals surface area contributed by atoms with E-state index in [4.69, 9.17) is 4.52 Å². The van der Waals surface area contributed by atoms with Crippen molar-refractivity contribution >= 4 is 33.5 Å². The number of fused-ring (bicyclic) bond motifs is 1. The van der Waals surface area contributed by atoms with Gasteiger partial charge in [0, 0.05) is 16.6 Å². The second kappa shape index (κ2) is 6.30. The lowest BCUT2D eigenvalue weighted by Crippen LogP contribution is -2.13. The van der Waals surface area contributed by atoms with Crippen molar-refractivity contribution in [3.63, 3.8) is 0 Å². The van der Waals surface area contributed by atoms with E-state index in [1.54, 1.807) is 37.4 Å². The molecule has 4 aromatic rings. The van der Waals surface area contributed by atoms with Crippen molar-refractivity contribution in [1.29, 1.82) is 0 Å². The number of nitrogens with zero attached hydrogens (tertiary/aromatic N) is 3. The van der Waals surface area contributed by atoms with Crippen LogP contribution < -0.4 is 5.32 Å². The lowest BCUT2D eigenvalue weighted by Gasteiger charge is -2.07. The fraction of sp³-hybridized carbons (Fsp3) is 0.111. The van der Waals surface area contributed by atoms with Gasteiger partial charge in [-0.05, 0) is 32.0 Å². The third-order valence-electron chi connectivity index (χ3n) is 3.85. The van der Waals surface area contributed by atoms with Gasteiger partial charge in [0.1, 0.15) is 5.82 Å². The highest BCUT2D eigenvalue weighted by Crippen LogP contribution is 2.29. The van der Waals surface area contributed by atoms with Crippen LogP contribution in [0.5, 0.6) is 0 Å². The number of halogens is 1. The summed E-state index contributed by atoms with van der Waals surface area (Å²) in [6, 6.07) is 7.77. The van der Waals surface area contributed by atoms with Gasteiger partial charge in [0.2, 0.25) is 0 Å². The van der Waals surface area contributed by atoms with Crippen LogP contribution in [-0.4, -0.2) is 21.0 Å². The minimum absolute atomic E-state index is 0.184. The maximum Gasteiger partial charge on any atom is 0.259 e. The van der Waals surface area contributed by atoms with Crippen LogP contribution in [0.25, 0.3) is 22.4 Å². The minimum atomic E-state index is -0.433. The number of amides is 1. The first-order valence-corrected chi connectivity index (χ1v) is 8.60. The molecular weight excluding hydrogens is 355 g/mol. The normalized spacial score (nSPS) is 11.0. The Hall–Kier alpha value is -3.13. The van der Waals surface area contributed by atoms with E-state index in [0.29, 0.717) is 27.5 Å². The topological polar surface area (TPSA) is 80.9 Å². The number of benzene rings is 1. The van der Waals surface area contributed by atoms with Crippen LogP contribution >= 0.6 is 11.3 Å². The van der Waals surface area contributed by atoms with Gasteiger partial charge in [0.25, 0.3) is 11.6 Å². The number of carbonyl (C=O) groups excluding carboxylic acids is 1. The number of anilines is 1. The maximum absolute atomic E-state index is 14.2. The Bertz CT molecular complexity index is 1140. The molecule has 1 amide bonds. The lowest BCUT2D eigenvalue weighted by molar-refractivity contribution is 0.102. The molecule has 0 radical (unpaired) electrons. The molecule has 0 aliphatic heterocycles. The summed E-state index contributed by atoms with van der Waals surface area (Å²) in [6.45, 7) is 3.62. The molecule has 3 aromatic heterocycles. The van der Waals surface area contributed by atoms with Gasteiger partial charge in [0.05, 0.1) is 22.3 Å². The van der Waals surface area contributed by atoms with E-state index in [9.17, 15) is 9.18 Å². The van der Waals surface area contributed by atoms with Gasteiger partial charge < -0.3 is 4.52 Å². The van der Waals surface area contributed by atoms with Crippen LogP contribution in [0.3, 0.4) is 0 Å². The molecule has 1 aromatic carbocycles. The number of pyridine rings is 1. The minimum Gasteiger partial charge on any atom is -0.335 e. The van der Waals surface area contributed by atoms with E-state index in [1.807, 2.05) is 6.92 Å². The Kier molecular flexibility index (Phi) is 3.96. The summed E-state index contributed by atoms with van der Waals surface area (Å²) in [4.78, 5) is 22.3. The van der Waals surface area contributed by atoms with Gasteiger partial charge in [0.15, 0.2) is 5.13 Å². The van der Waals surface area contributed by atoms with Crippen LogP contribution in [0, 0.1) is 19.7 Å². The average molecular weight is 368 g/mol. The first-order chi connectivity index (χ1) is 12.5. The molecule has 0 aliphatic rings. The van der Waals surface area contributed by atoms with Crippen molar-refractivity contribution in [3.8, 4) is 11.3 Å². The van der Waals surface area contributed by atoms with Crippen LogP contribution in [0.4, 0.5) is 9.52 Å². The Morgan fingerprint density at radius 1 is 1.27 bits per heavy atom. The van der Waals surface area contributed by atoms with Gasteiger partial charge >= 0.3 is 0 Å². The standard InChI is InChI=1S/C18H13FN4O2S/c1-9-8-20-18(26-9)22-16(24)12-7-14(11-5-3-4-6-13(11)19)21-17-15(12)10(2)23-25-17/h3-8H,1-2H3,(H,20,22,24). The Balaban J connectivity index is 1.85. The summed E-state index contributed by atoms with van der Waals surface area (Å²) in [5, 5.41) is 7.62. The monoisotopic (exact) mass is 368 g/mol. The summed E-state index contributed by atoms with van der Waals surface area (Å²) in [5.74, 6) is -0.812. The first kappa shape index (κ1) is 16.3. The zero-order valence-corrected chi connectivity index (χ0v) is 14.7. The molecule has 26 heavy (non-hydrogen) atoms. The molecule has 4 rings (SSSR count). The molecule has 0 bridgehead atoms. The first-order valence-electron chi connectivity index (χ1n) is 7.78. The van der Waals surface area contributed by atoms with Gasteiger partial charge in [-0.1, -0.05) is 17.3 Å². The van der Waals surface area contributed by atoms with Crippen LogP contribution in [0.1, 0.15) is 20.9 Å². The zero-order valence-electron chi connectivity index (χ0n) is 13.9. The number of aryl methyl sites for hydroxylation is 2. The van der Waals surface area contributed by atoms with Crippen LogP contribution in [0.2, 0.25) is 0 Å². The van der Waals surface area contributed by atoms with Crippen molar-refractivity contribution in [1.82, 2.24) is 15.1 Å². The average Bonchev–Trinajstić information content (AvgIpc) is 3.20. The van der Waals surface area contributed by atoms with Crippen molar-refractivity contribution in [2.45, 2.75) is 13.8 Å². The summed E-state index contributed by atoms with van der Waals surface area (Å²) >= 11 is 1.37. The predicted molar refractivity (Wildman–Crippen MR) is 96.7 cm³/mol. The molecular formula is C18H13FN4O2S. The summed E-state index contributed by atoms with van der Waals surface area (Å²) in [5.41, 5.74) is 1.60. The largest absolute Gasteiger partial charge is 0.335 e. The number of rotatable bonds is 3. The summed E-state index contributed by atoms with van der Waals surface area (Å²) < 4.78 is 19.4. The lowest BCUT2D eigenvalue weighted by atomic mass is 10.0. The second-order valence-corrected chi connectivity index (χ2v) is 6.95. The molecule has 0 aliphatic carbocycles. The molecule has 0 saturated carbocycles. The van der Waals surface area contributed by atoms with Gasteiger partial charge in [-0.15, -0.1) is 11.3 Å². The maximum atomic E-state index is 14.2. The number of carbonyl (C=O) groups is 1. The van der Waals surface area contributed by atoms with Crippen LogP contribution in [0.15, 0.2) is 41.1 Å². The van der Waals surface area contributed by atoms with E-state index >= 15 is 0 Å². The smallest absolute Gasteiger partial charge is 0.259 e. The SMILES string of the molecule is Cc1cnc(NC(=O)c2cc(-c3ccccc3F)nc3onc(C)c23)s1. The number of hydrogen-bond donors (Lipinski definition) is 1. The highest BCUT2D eigenvalue weighted by molar-refractivity contribution is 7.15. The molecule has 0 spiro atoms. The summed E-state index contributed by atoms with van der Waals surface area (Å²) in [6.07, 6.45) is 1.68. The molecule has 6 nitrogen and oxygen atoms in total. The molecule has 0 atom stereocenters. The zero-order chi connectivity index (χ0) is 18.3. The highest BCUT2D eigenvalue weighted by Gasteiger charge is 2.21. The van der Waals surface area contributed by atoms with Crippen molar-refractivity contribution in [2.24, 2.45) is 0 Å². The number of aromatic nitrogens is 3. The van der Waals surface area contributed by atoms with E-state index in [2.05, 4.69) is 20.4 Å². The Labute approximate surface area is 151 Å². The quantitative estimate of drug-likeness (QED) is 0.581. The van der Waals surface area contributed by atoms with Crippen LogP contribution in [-0.2, 0) is 0 Å². The Morgan fingerprint density at radius 3 is 2.81 bits per heavy atom. The van der Waals surface area contributed by atoms with Gasteiger partial charge in [-0.25, -0.2) is 14.4 Å². The van der Waals surface area contributed by atoms with Gasteiger partial charge in [-0.3, -0.25) is 10.1 Å². The van der Waals surface area contributed by atoms with E-state index in [-0.39, 0.29) is 17.2 Å². The number of thiazole rings is 1. The number of hydrogen-bond acceptors (Lipinski definition) is 6. The fourth-order valence-corrected chi connectivity index (χ4v) is 3.32. The molecule has 1 N–H and O–H groups in total. The molecule has 8 heteroatoms. The second-order valence-electron chi connectivity index (χ2n) is 5.71. The predicted octanol–water partition coefficient (Wildman–Crippen LogP) is 4.35. The van der Waals surface area contributed by atoms with E-state index in [1.165, 1.54) is 17.4 Å². The highest BCUT2D eigenvalue weighted by atomic mass is 32.1. The summed E-state index contributed by atoms with van der Waals surface area (Å²) in [7, 11) is 0. The molecule has 0 fully saturated rings. The molecule has 3 heterocycles. The van der Waals surface area contributed by atoms with Crippen molar-refractivity contribution in [2.75, 3.05) is 5.32 Å². The van der Waals surface area contributed by atoms with Crippen molar-refractivity contribution in [3.05, 3.63) is 58.5 Å². The van der Waals surface area contributed by atoms with Gasteiger partial charge in [-0.2, -0.15) is 0 Å². The molecule has 0 unspecified atom stereocenters.